The lowest BCUT2D eigenvalue weighted by Crippen LogP contribution is -2.74. The van der Waals surface area contributed by atoms with Gasteiger partial charge in [-0.1, -0.05) is 0 Å². The van der Waals surface area contributed by atoms with Crippen molar-refractivity contribution in [3.05, 3.63) is 0 Å². The van der Waals surface area contributed by atoms with E-state index in [0.717, 1.165) is 90.2 Å². The summed E-state index contributed by atoms with van der Waals surface area (Å²) in [7, 11) is 0.876. The van der Waals surface area contributed by atoms with Crippen LogP contribution in [0, 0.1) is 0 Å². The molecule has 3 N–H and O–H groups in total. The molecule has 2 spiro atoms. The van der Waals surface area contributed by atoms with Gasteiger partial charge in [-0.3, -0.25) is 57.5 Å². The van der Waals surface area contributed by atoms with Gasteiger partial charge in [0, 0.05) is 83.1 Å². The van der Waals surface area contributed by atoms with Crippen LogP contribution in [0.1, 0.15) is 102 Å². The van der Waals surface area contributed by atoms with Crippen LogP contribution in [0.25, 0.3) is 0 Å². The smallest absolute Gasteiger partial charge is 0.379 e. The molecule has 0 saturated carbocycles. The maximum absolute atomic E-state index is 14.6. The van der Waals surface area contributed by atoms with Crippen molar-refractivity contribution in [2.24, 2.45) is 0 Å². The van der Waals surface area contributed by atoms with Gasteiger partial charge in [-0.2, -0.15) is 0 Å². The van der Waals surface area contributed by atoms with E-state index < -0.39 is 237 Å². The van der Waals surface area contributed by atoms with Crippen molar-refractivity contribution in [3.8, 4) is 0 Å². The molecule has 18 atom stereocenters. The summed E-state index contributed by atoms with van der Waals surface area (Å²) in [5.74, 6) is -25.5. The van der Waals surface area contributed by atoms with Crippen LogP contribution in [0.5, 0.6) is 0 Å². The Hall–Kier alpha value is -8.15. The third-order valence-corrected chi connectivity index (χ3v) is 13.3. The van der Waals surface area contributed by atoms with Gasteiger partial charge in [-0.25, -0.2) is 14.4 Å². The van der Waals surface area contributed by atoms with E-state index in [1.165, 1.54) is 0 Å². The van der Waals surface area contributed by atoms with E-state index in [9.17, 15) is 71.9 Å². The number of cyclic esters (lactones) is 2. The van der Waals surface area contributed by atoms with Gasteiger partial charge in [0.1, 0.15) is 68.7 Å². The first-order valence-electron chi connectivity index (χ1n) is 26.7. The van der Waals surface area contributed by atoms with Crippen molar-refractivity contribution >= 4 is 89.4 Å². The maximum Gasteiger partial charge on any atom is 0.379 e. The highest BCUT2D eigenvalue weighted by Crippen LogP contribution is 2.45. The number of ether oxygens (including phenoxy) is 17. The number of amides is 3. The minimum Gasteiger partial charge on any atom is -0.464 e. The topological polar surface area (TPSA) is 449 Å². The van der Waals surface area contributed by atoms with Crippen molar-refractivity contribution in [1.82, 2.24) is 16.0 Å². The number of esters is 12. The molecule has 5 rings (SSSR count). The highest BCUT2D eigenvalue weighted by molar-refractivity contribution is 5.83. The predicted molar refractivity (Wildman–Crippen MR) is 270 cm³/mol. The minimum atomic E-state index is -3.02. The van der Waals surface area contributed by atoms with Crippen LogP contribution in [0.3, 0.4) is 0 Å². The summed E-state index contributed by atoms with van der Waals surface area (Å²) in [5, 5.41) is 7.51. The molecule has 5 saturated heterocycles. The molecule has 35 nitrogen and oxygen atoms in total. The zero-order valence-corrected chi connectivity index (χ0v) is 49.5. The summed E-state index contributed by atoms with van der Waals surface area (Å²) in [6.07, 6.45) is -26.4. The van der Waals surface area contributed by atoms with E-state index in [4.69, 9.17) is 80.5 Å². The van der Waals surface area contributed by atoms with E-state index >= 15 is 0 Å². The van der Waals surface area contributed by atoms with Gasteiger partial charge in [0.2, 0.25) is 17.7 Å². The van der Waals surface area contributed by atoms with Crippen molar-refractivity contribution in [3.63, 3.8) is 0 Å². The zero-order valence-electron chi connectivity index (χ0n) is 49.5. The number of hydrogen-bond donors (Lipinski definition) is 3. The fourth-order valence-corrected chi connectivity index (χ4v) is 10.7. The van der Waals surface area contributed by atoms with Crippen molar-refractivity contribution in [2.45, 2.75) is 211 Å². The first-order chi connectivity index (χ1) is 40.5. The first-order valence-corrected chi connectivity index (χ1v) is 26.7. The van der Waals surface area contributed by atoms with Gasteiger partial charge < -0.3 is 96.5 Å². The Morgan fingerprint density at radius 1 is 0.460 bits per heavy atom. The number of nitrogens with one attached hydrogen (secondary N) is 3. The highest BCUT2D eigenvalue weighted by Gasteiger charge is 2.67. The highest BCUT2D eigenvalue weighted by atomic mass is 16.8. The number of hydrogen-bond acceptors (Lipinski definition) is 32. The van der Waals surface area contributed by atoms with Crippen LogP contribution in [-0.2, 0) is 152 Å². The molecule has 0 aromatic rings. The lowest BCUT2D eigenvalue weighted by Gasteiger charge is -2.54. The second-order valence-electron chi connectivity index (χ2n) is 20.5. The summed E-state index contributed by atoms with van der Waals surface area (Å²) in [4.78, 5) is 198. The van der Waals surface area contributed by atoms with E-state index in [1.807, 2.05) is 0 Å². The summed E-state index contributed by atoms with van der Waals surface area (Å²) in [5.41, 5.74) is 0. The monoisotopic (exact) mass is 1250 g/mol. The molecule has 484 valence electrons. The van der Waals surface area contributed by atoms with Crippen LogP contribution in [0.2, 0.25) is 0 Å². The molecule has 3 amide bonds. The fourth-order valence-electron chi connectivity index (χ4n) is 10.7. The molecule has 0 aromatic heterocycles. The zero-order chi connectivity index (χ0) is 65.2. The van der Waals surface area contributed by atoms with E-state index in [1.54, 1.807) is 0 Å². The lowest BCUT2D eigenvalue weighted by atomic mass is 9.85. The fraction of sp³-hybridized carbons (Fsp3) is 0.712. The first kappa shape index (κ1) is 69.6. The van der Waals surface area contributed by atoms with Gasteiger partial charge >= 0.3 is 77.4 Å². The Bertz CT molecular complexity index is 2720. The maximum atomic E-state index is 14.6. The van der Waals surface area contributed by atoms with Gasteiger partial charge in [0.25, 0.3) is 11.6 Å². The normalized spacial score (nSPS) is 31.5. The molecule has 5 aliphatic heterocycles. The average molecular weight is 1250 g/mol. The average Bonchev–Trinajstić information content (AvgIpc) is 0.843. The summed E-state index contributed by atoms with van der Waals surface area (Å²) < 4.78 is 98.4. The molecule has 1 unspecified atom stereocenters. The third kappa shape index (κ3) is 17.5. The van der Waals surface area contributed by atoms with Crippen LogP contribution in [0.15, 0.2) is 0 Å². The number of rotatable bonds is 20. The van der Waals surface area contributed by atoms with Gasteiger partial charge in [-0.15, -0.1) is 0 Å². The Morgan fingerprint density at radius 2 is 0.839 bits per heavy atom. The number of carbonyl (C=O) groups excluding carboxylic acids is 15. The molecule has 5 aliphatic rings. The second-order valence-corrected chi connectivity index (χ2v) is 20.5. The largest absolute Gasteiger partial charge is 0.464 e. The standard InChI is InChI=1S/C52H69N3O32/c1-20(56)53-38-33(76-25(6)61)15-51(86-44(38)41(79-28(9)64)35(78-27(8)63)17-72-23(4)59)48(69)73-19-37(83-51)43(81-30(11)66)46-40(55-22(3)58)34(77-26(7)62)16-52(87-46)49(70)74-18-36(84-52)42(80-29(10)65)45-39(54-21(2)57)32(75-24(5)60)14-50(85-45,47(68)71-13)82-31(12)67/h32-46H,14-19H2,1-13H3,(H,53,56)(H,54,57)(H,55,58)/t32-,33-,34-,35+,36+,37+,38+,39+,40+,41+,42+,43+,44+,45+,46+,50?,51+,52+/m0/s1. The molecule has 0 aromatic carbocycles. The summed E-state index contributed by atoms with van der Waals surface area (Å²) >= 11 is 0. The molecule has 5 heterocycles. The Kier molecular flexibility index (Phi) is 23.2. The van der Waals surface area contributed by atoms with Crippen molar-refractivity contribution in [1.29, 1.82) is 0 Å². The molecular weight excluding hydrogens is 1180 g/mol. The molecule has 0 bridgehead atoms. The minimum absolute atomic E-state index is 0.836. The van der Waals surface area contributed by atoms with Gasteiger partial charge in [0.05, 0.1) is 44.5 Å². The van der Waals surface area contributed by atoms with Gasteiger partial charge in [0.15, 0.2) is 24.4 Å². The van der Waals surface area contributed by atoms with Crippen LogP contribution < -0.4 is 16.0 Å². The number of carbonyl (C=O) groups is 15. The Morgan fingerprint density at radius 3 is 1.20 bits per heavy atom. The third-order valence-electron chi connectivity index (χ3n) is 13.3. The van der Waals surface area contributed by atoms with Crippen LogP contribution >= 0.6 is 0 Å². The van der Waals surface area contributed by atoms with Crippen molar-refractivity contribution < 1.29 is 152 Å². The predicted octanol–water partition coefficient (Wildman–Crippen LogP) is -3.34. The van der Waals surface area contributed by atoms with Crippen LogP contribution in [0.4, 0.5) is 0 Å². The van der Waals surface area contributed by atoms with E-state index in [-0.39, 0.29) is 0 Å². The van der Waals surface area contributed by atoms with Gasteiger partial charge in [-0.05, 0) is 0 Å². The number of methoxy groups -OCH3 is 1. The molecule has 35 heteroatoms. The summed E-state index contributed by atoms with van der Waals surface area (Å²) in [6.45, 7) is 8.49. The Labute approximate surface area is 494 Å². The summed E-state index contributed by atoms with van der Waals surface area (Å²) in [6, 6.07) is -5.13. The SMILES string of the molecule is COC(=O)C1(OC(C)=O)C[C@H](OC(C)=O)[C@@H](NC(C)=O)[C@H]([C@H](OC(C)=O)[C@H]2COC(=O)[C@]3(C[C@H](OC(C)=O)[C@@H](NC(C)=O)[C@H]([C@H](OC(C)=O)[C@H]4COC(=O)[C@]5(C[C@H](OC(C)=O)[C@@H](NC(C)=O)[C@H]([C@H](OC(C)=O)[C@@H](COC(C)=O)OC(C)=O)O5)O4)O3)O2)O1. The van der Waals surface area contributed by atoms with E-state index in [0.29, 0.717) is 0 Å². The van der Waals surface area contributed by atoms with E-state index in [2.05, 4.69) is 16.0 Å². The quantitative estimate of drug-likeness (QED) is 0.0792. The lowest BCUT2D eigenvalue weighted by molar-refractivity contribution is -0.373. The molecule has 87 heavy (non-hydrogen) atoms. The molecule has 0 radical (unpaired) electrons. The molecular formula is C52H69N3O32. The van der Waals surface area contributed by atoms with Crippen LogP contribution in [-0.4, -0.2) is 225 Å². The molecule has 5 fully saturated rings. The molecule has 0 aliphatic carbocycles. The van der Waals surface area contributed by atoms with Crippen molar-refractivity contribution in [2.75, 3.05) is 26.9 Å². The second kappa shape index (κ2) is 29.0. The Balaban J connectivity index is 1.74.